The van der Waals surface area contributed by atoms with Crippen molar-refractivity contribution in [2.45, 2.75) is 33.2 Å². The first-order valence-corrected chi connectivity index (χ1v) is 11.5. The molecule has 0 radical (unpaired) electrons. The largest absolute Gasteiger partial charge is 0.497 e. The molecule has 0 saturated carbocycles. The number of carbonyl (C=O) groups is 1. The summed E-state index contributed by atoms with van der Waals surface area (Å²) in [5.41, 5.74) is 3.64. The molecular weight excluding hydrogens is 436 g/mol. The Morgan fingerprint density at radius 2 is 1.91 bits per heavy atom. The molecule has 0 aliphatic carbocycles. The molecular formula is C25H26N4O3S. The van der Waals surface area contributed by atoms with E-state index in [1.165, 1.54) is 6.26 Å². The Kier molecular flexibility index (Phi) is 6.74. The lowest BCUT2D eigenvalue weighted by Crippen LogP contribution is -2.18. The van der Waals surface area contributed by atoms with Crippen molar-refractivity contribution in [3.8, 4) is 5.75 Å². The van der Waals surface area contributed by atoms with Gasteiger partial charge in [0.1, 0.15) is 10.8 Å². The molecule has 0 aliphatic heterocycles. The summed E-state index contributed by atoms with van der Waals surface area (Å²) >= 11 is 1.55. The molecule has 7 nitrogen and oxygen atoms in total. The van der Waals surface area contributed by atoms with E-state index in [-0.39, 0.29) is 17.7 Å². The quantitative estimate of drug-likeness (QED) is 0.345. The molecule has 1 unspecified atom stereocenters. The lowest BCUT2D eigenvalue weighted by atomic mass is 9.99. The second-order valence-electron chi connectivity index (χ2n) is 7.61. The number of hydrogen-bond donors (Lipinski definition) is 2. The average molecular weight is 463 g/mol. The summed E-state index contributed by atoms with van der Waals surface area (Å²) in [6.07, 6.45) is 2.33. The van der Waals surface area contributed by atoms with E-state index in [1.54, 1.807) is 30.6 Å². The minimum atomic E-state index is -0.315. The van der Waals surface area contributed by atoms with E-state index in [1.807, 2.05) is 44.2 Å². The van der Waals surface area contributed by atoms with Crippen molar-refractivity contribution in [3.63, 3.8) is 0 Å². The molecule has 0 aliphatic rings. The molecule has 1 aromatic carbocycles. The monoisotopic (exact) mass is 462 g/mol. The van der Waals surface area contributed by atoms with Crippen LogP contribution >= 0.6 is 11.3 Å². The fourth-order valence-electron chi connectivity index (χ4n) is 3.60. The number of nitrogens with one attached hydrogen (secondary N) is 2. The number of benzene rings is 1. The molecule has 4 rings (SSSR count). The molecule has 0 fully saturated rings. The summed E-state index contributed by atoms with van der Waals surface area (Å²) < 4.78 is 10.7. The Balaban J connectivity index is 1.79. The predicted molar refractivity (Wildman–Crippen MR) is 130 cm³/mol. The highest BCUT2D eigenvalue weighted by atomic mass is 32.1. The van der Waals surface area contributed by atoms with Crippen LogP contribution in [-0.2, 0) is 6.42 Å². The molecule has 0 bridgehead atoms. The number of methoxy groups -OCH3 is 1. The zero-order valence-electron chi connectivity index (χ0n) is 19.0. The van der Waals surface area contributed by atoms with Crippen LogP contribution in [0.4, 0.5) is 10.9 Å². The van der Waals surface area contributed by atoms with Crippen LogP contribution in [0.25, 0.3) is 0 Å². The minimum Gasteiger partial charge on any atom is -0.497 e. The van der Waals surface area contributed by atoms with E-state index in [4.69, 9.17) is 9.15 Å². The van der Waals surface area contributed by atoms with Crippen LogP contribution < -0.4 is 15.4 Å². The smallest absolute Gasteiger partial charge is 0.291 e. The molecule has 0 saturated heterocycles. The van der Waals surface area contributed by atoms with E-state index in [0.29, 0.717) is 5.95 Å². The van der Waals surface area contributed by atoms with Crippen molar-refractivity contribution >= 4 is 28.2 Å². The zero-order chi connectivity index (χ0) is 23.4. The number of aromatic nitrogens is 2. The van der Waals surface area contributed by atoms with Crippen molar-refractivity contribution in [3.05, 3.63) is 87.9 Å². The Hall–Kier alpha value is -3.65. The Morgan fingerprint density at radius 3 is 2.58 bits per heavy atom. The Morgan fingerprint density at radius 1 is 1.12 bits per heavy atom. The van der Waals surface area contributed by atoms with Gasteiger partial charge >= 0.3 is 0 Å². The standard InChI is InChI=1S/C25H26N4O3S/c1-5-19-14-20(24(33-19)29-23(30)21-10-7-11-32-21)22(17-8-6-9-18(13-17)31-4)28-25-26-15(2)12-16(3)27-25/h6-14,22H,5H2,1-4H3,(H,29,30)(H,26,27,28). The van der Waals surface area contributed by atoms with Crippen LogP contribution in [0, 0.1) is 13.8 Å². The van der Waals surface area contributed by atoms with Gasteiger partial charge in [-0.25, -0.2) is 9.97 Å². The molecule has 170 valence electrons. The maximum absolute atomic E-state index is 12.8. The van der Waals surface area contributed by atoms with Gasteiger partial charge in [0.25, 0.3) is 5.91 Å². The summed E-state index contributed by atoms with van der Waals surface area (Å²) in [6.45, 7) is 5.97. The second kappa shape index (κ2) is 9.87. The van der Waals surface area contributed by atoms with E-state index in [9.17, 15) is 4.79 Å². The van der Waals surface area contributed by atoms with Crippen LogP contribution in [0.15, 0.2) is 59.2 Å². The highest BCUT2D eigenvalue weighted by molar-refractivity contribution is 7.16. The van der Waals surface area contributed by atoms with Crippen molar-refractivity contribution in [1.29, 1.82) is 0 Å². The topological polar surface area (TPSA) is 89.3 Å². The van der Waals surface area contributed by atoms with Crippen LogP contribution in [0.2, 0.25) is 0 Å². The number of anilines is 2. The predicted octanol–water partition coefficient (Wildman–Crippen LogP) is 5.77. The van der Waals surface area contributed by atoms with Gasteiger partial charge in [-0.15, -0.1) is 11.3 Å². The fraction of sp³-hybridized carbons (Fsp3) is 0.240. The van der Waals surface area contributed by atoms with Gasteiger partial charge in [-0.1, -0.05) is 19.1 Å². The van der Waals surface area contributed by atoms with Crippen LogP contribution in [0.1, 0.15) is 50.9 Å². The van der Waals surface area contributed by atoms with Gasteiger partial charge in [0.05, 0.1) is 19.4 Å². The number of thiophene rings is 1. The Labute approximate surface area is 196 Å². The van der Waals surface area contributed by atoms with E-state index in [2.05, 4.69) is 33.6 Å². The van der Waals surface area contributed by atoms with Crippen LogP contribution in [-0.4, -0.2) is 23.0 Å². The van der Waals surface area contributed by atoms with Crippen molar-refractivity contribution in [2.75, 3.05) is 17.7 Å². The van der Waals surface area contributed by atoms with Gasteiger partial charge in [0, 0.05) is 21.8 Å². The number of rotatable bonds is 8. The van der Waals surface area contributed by atoms with E-state index >= 15 is 0 Å². The van der Waals surface area contributed by atoms with Gasteiger partial charge in [-0.3, -0.25) is 4.79 Å². The summed E-state index contributed by atoms with van der Waals surface area (Å²) in [6, 6.07) is 14.9. The average Bonchev–Trinajstić information content (AvgIpc) is 3.47. The lowest BCUT2D eigenvalue weighted by Gasteiger charge is -2.21. The molecule has 8 heteroatoms. The van der Waals surface area contributed by atoms with Gasteiger partial charge in [0.2, 0.25) is 5.95 Å². The van der Waals surface area contributed by atoms with E-state index in [0.717, 1.165) is 44.6 Å². The number of furan rings is 1. The summed E-state index contributed by atoms with van der Waals surface area (Å²) in [7, 11) is 1.64. The fourth-order valence-corrected chi connectivity index (χ4v) is 4.63. The van der Waals surface area contributed by atoms with Gasteiger partial charge in [0.15, 0.2) is 5.76 Å². The summed E-state index contributed by atoms with van der Waals surface area (Å²) in [4.78, 5) is 23.1. The third-order valence-corrected chi connectivity index (χ3v) is 6.34. The third kappa shape index (κ3) is 5.23. The lowest BCUT2D eigenvalue weighted by molar-refractivity contribution is 0.0997. The molecule has 4 aromatic rings. The normalized spacial score (nSPS) is 11.8. The first-order valence-electron chi connectivity index (χ1n) is 10.7. The summed E-state index contributed by atoms with van der Waals surface area (Å²) in [5, 5.41) is 7.26. The van der Waals surface area contributed by atoms with Crippen molar-refractivity contribution in [1.82, 2.24) is 9.97 Å². The van der Waals surface area contributed by atoms with Gasteiger partial charge in [-0.05, 0) is 62.2 Å². The minimum absolute atomic E-state index is 0.260. The van der Waals surface area contributed by atoms with Gasteiger partial charge in [-0.2, -0.15) is 0 Å². The van der Waals surface area contributed by atoms with Crippen molar-refractivity contribution < 1.29 is 13.9 Å². The number of nitrogens with zero attached hydrogens (tertiary/aromatic N) is 2. The molecule has 3 aromatic heterocycles. The number of aryl methyl sites for hydroxylation is 3. The molecule has 3 heterocycles. The highest BCUT2D eigenvalue weighted by Gasteiger charge is 2.24. The molecule has 1 amide bonds. The first-order chi connectivity index (χ1) is 16.0. The zero-order valence-corrected chi connectivity index (χ0v) is 19.8. The first kappa shape index (κ1) is 22.5. The number of carbonyl (C=O) groups excluding carboxylic acids is 1. The number of amides is 1. The van der Waals surface area contributed by atoms with E-state index < -0.39 is 0 Å². The molecule has 2 N–H and O–H groups in total. The van der Waals surface area contributed by atoms with Gasteiger partial charge < -0.3 is 19.8 Å². The van der Waals surface area contributed by atoms with Crippen LogP contribution in [0.3, 0.4) is 0 Å². The molecule has 0 spiro atoms. The SMILES string of the molecule is CCc1cc(C(Nc2nc(C)cc(C)n2)c2cccc(OC)c2)c(NC(=O)c2ccco2)s1. The number of ether oxygens (including phenoxy) is 1. The summed E-state index contributed by atoms with van der Waals surface area (Å²) in [5.74, 6) is 1.23. The maximum atomic E-state index is 12.8. The third-order valence-electron chi connectivity index (χ3n) is 5.13. The molecule has 1 atom stereocenters. The second-order valence-corrected chi connectivity index (χ2v) is 8.75. The number of hydrogen-bond acceptors (Lipinski definition) is 7. The Bertz CT molecular complexity index is 1230. The van der Waals surface area contributed by atoms with Crippen LogP contribution in [0.5, 0.6) is 5.75 Å². The molecule has 33 heavy (non-hydrogen) atoms. The highest BCUT2D eigenvalue weighted by Crippen LogP contribution is 2.38. The van der Waals surface area contributed by atoms with Crippen molar-refractivity contribution in [2.24, 2.45) is 0 Å². The maximum Gasteiger partial charge on any atom is 0.291 e.